The average molecular weight is 571 g/mol. The van der Waals surface area contributed by atoms with Crippen molar-refractivity contribution in [2.45, 2.75) is 65.0 Å². The predicted octanol–water partition coefficient (Wildman–Crippen LogP) is 6.32. The molecule has 0 spiro atoms. The van der Waals surface area contributed by atoms with Gasteiger partial charge >= 0.3 is 5.97 Å². The number of aliphatic carboxylic acids is 1. The third-order valence-electron chi connectivity index (χ3n) is 7.46. The molecule has 1 aliphatic carbocycles. The van der Waals surface area contributed by atoms with E-state index in [1.165, 1.54) is 12.8 Å². The summed E-state index contributed by atoms with van der Waals surface area (Å²) in [6.07, 6.45) is 4.43. The van der Waals surface area contributed by atoms with E-state index in [9.17, 15) is 9.59 Å². The van der Waals surface area contributed by atoms with Crippen molar-refractivity contribution in [1.29, 1.82) is 0 Å². The van der Waals surface area contributed by atoms with Crippen LogP contribution in [0.2, 0.25) is 0 Å². The molecule has 4 rings (SSSR count). The number of carbonyl (C=O) groups is 2. The Morgan fingerprint density at radius 1 is 1.11 bits per heavy atom. The number of carbonyl (C=O) groups excluding carboxylic acids is 1. The Kier molecular flexibility index (Phi) is 8.57. The molecule has 0 radical (unpaired) electrons. The summed E-state index contributed by atoms with van der Waals surface area (Å²) >= 11 is 3.53. The maximum absolute atomic E-state index is 12.4. The Hall–Kier alpha value is -2.87. The number of aliphatic imine (C=N–C) groups is 1. The van der Waals surface area contributed by atoms with Crippen LogP contribution in [0.4, 0.5) is 5.69 Å². The number of rotatable bonds is 7. The number of carboxylic acids is 1. The van der Waals surface area contributed by atoms with Gasteiger partial charge in [0, 0.05) is 22.6 Å². The lowest BCUT2D eigenvalue weighted by Gasteiger charge is -2.41. The number of ether oxygens (including phenoxy) is 1. The minimum absolute atomic E-state index is 0.00575. The summed E-state index contributed by atoms with van der Waals surface area (Å²) in [6, 6.07) is 16.4. The smallest absolute Gasteiger partial charge is 0.305 e. The summed E-state index contributed by atoms with van der Waals surface area (Å²) in [5.74, 6) is -0.506. The van der Waals surface area contributed by atoms with Gasteiger partial charge < -0.3 is 20.1 Å². The van der Waals surface area contributed by atoms with Gasteiger partial charge in [-0.25, -0.2) is 0 Å². The number of amidine groups is 1. The summed E-state index contributed by atoms with van der Waals surface area (Å²) in [4.78, 5) is 30.4. The number of hydrogen-bond acceptors (Lipinski definition) is 4. The van der Waals surface area contributed by atoms with Crippen LogP contribution >= 0.6 is 15.9 Å². The van der Waals surface area contributed by atoms with E-state index in [2.05, 4.69) is 46.9 Å². The predicted molar refractivity (Wildman–Crippen MR) is 148 cm³/mol. The average Bonchev–Trinajstić information content (AvgIpc) is 3.26. The van der Waals surface area contributed by atoms with Crippen molar-refractivity contribution in [2.75, 3.05) is 13.2 Å². The summed E-state index contributed by atoms with van der Waals surface area (Å²) in [5, 5.41) is 11.4. The van der Waals surface area contributed by atoms with Crippen LogP contribution in [0.25, 0.3) is 0 Å². The number of amides is 1. The van der Waals surface area contributed by atoms with Gasteiger partial charge in [0.05, 0.1) is 18.2 Å². The van der Waals surface area contributed by atoms with Crippen molar-refractivity contribution < 1.29 is 19.4 Å². The van der Waals surface area contributed by atoms with Gasteiger partial charge in [0.15, 0.2) is 0 Å². The van der Waals surface area contributed by atoms with Gasteiger partial charge in [-0.1, -0.05) is 54.9 Å². The number of halogens is 1. The minimum Gasteiger partial charge on any atom is -0.481 e. The topological polar surface area (TPSA) is 91.2 Å². The Labute approximate surface area is 227 Å². The Balaban J connectivity index is 1.55. The standard InChI is InChI=1S/C29H36BrN3O4/c1-29(2,3)21-11-13-24(14-12-21)33-25(18-37-28(33)32-23-6-4-5-22(30)17-23)19-7-9-20(10-8-19)27(36)31-16-15-26(34)35/h4-10,17,21,24-25H,11-16,18H2,1-3H3,(H,31,36)(H,34,35). The van der Waals surface area contributed by atoms with Crippen LogP contribution < -0.4 is 5.32 Å². The second-order valence-corrected chi connectivity index (χ2v) is 11.9. The highest BCUT2D eigenvalue weighted by molar-refractivity contribution is 9.10. The first-order valence-corrected chi connectivity index (χ1v) is 13.8. The van der Waals surface area contributed by atoms with Crippen LogP contribution in [-0.2, 0) is 9.53 Å². The van der Waals surface area contributed by atoms with Gasteiger partial charge in [0.1, 0.15) is 6.61 Å². The molecule has 2 aromatic rings. The van der Waals surface area contributed by atoms with Crippen LogP contribution in [0.5, 0.6) is 0 Å². The van der Waals surface area contributed by atoms with E-state index in [4.69, 9.17) is 14.8 Å². The molecule has 1 saturated carbocycles. The van der Waals surface area contributed by atoms with Crippen LogP contribution in [0.15, 0.2) is 58.0 Å². The number of carboxylic acid groups (broad SMARTS) is 1. The van der Waals surface area contributed by atoms with Gasteiger partial charge in [0.2, 0.25) is 0 Å². The molecule has 0 aromatic heterocycles. The zero-order chi connectivity index (χ0) is 26.6. The van der Waals surface area contributed by atoms with E-state index in [1.807, 2.05) is 36.4 Å². The number of benzene rings is 2. The van der Waals surface area contributed by atoms with Gasteiger partial charge in [-0.15, -0.1) is 0 Å². The highest BCUT2D eigenvalue weighted by Crippen LogP contribution is 2.42. The lowest BCUT2D eigenvalue weighted by Crippen LogP contribution is -2.42. The lowest BCUT2D eigenvalue weighted by atomic mass is 9.71. The Morgan fingerprint density at radius 2 is 1.81 bits per heavy atom. The second-order valence-electron chi connectivity index (χ2n) is 11.0. The fourth-order valence-corrected chi connectivity index (χ4v) is 5.70. The number of nitrogens with one attached hydrogen (secondary N) is 1. The zero-order valence-electron chi connectivity index (χ0n) is 21.7. The monoisotopic (exact) mass is 569 g/mol. The van der Waals surface area contributed by atoms with E-state index >= 15 is 0 Å². The first kappa shape index (κ1) is 27.2. The molecule has 37 heavy (non-hydrogen) atoms. The van der Waals surface area contributed by atoms with Crippen LogP contribution in [-0.4, -0.2) is 47.1 Å². The lowest BCUT2D eigenvalue weighted by molar-refractivity contribution is -0.136. The second kappa shape index (κ2) is 11.7. The Bertz CT molecular complexity index is 1130. The summed E-state index contributed by atoms with van der Waals surface area (Å²) in [6.45, 7) is 7.60. The molecular formula is C29H36BrN3O4. The number of hydrogen-bond donors (Lipinski definition) is 2. The molecule has 1 heterocycles. The summed E-state index contributed by atoms with van der Waals surface area (Å²) in [7, 11) is 0. The Morgan fingerprint density at radius 3 is 2.43 bits per heavy atom. The first-order chi connectivity index (χ1) is 17.6. The van der Waals surface area contributed by atoms with Crippen molar-refractivity contribution in [3.05, 3.63) is 64.1 Å². The first-order valence-electron chi connectivity index (χ1n) is 13.0. The van der Waals surface area contributed by atoms with Crippen molar-refractivity contribution in [2.24, 2.45) is 16.3 Å². The summed E-state index contributed by atoms with van der Waals surface area (Å²) < 4.78 is 7.17. The number of nitrogens with zero attached hydrogens (tertiary/aromatic N) is 2. The fourth-order valence-electron chi connectivity index (χ4n) is 5.32. The zero-order valence-corrected chi connectivity index (χ0v) is 23.3. The molecule has 1 amide bonds. The largest absolute Gasteiger partial charge is 0.481 e. The molecule has 1 atom stereocenters. The highest BCUT2D eigenvalue weighted by Gasteiger charge is 2.40. The van der Waals surface area contributed by atoms with Crippen LogP contribution in [0, 0.1) is 11.3 Å². The van der Waals surface area contributed by atoms with Crippen molar-refractivity contribution >= 4 is 39.5 Å². The van der Waals surface area contributed by atoms with E-state index in [0.29, 0.717) is 35.6 Å². The molecule has 2 aromatic carbocycles. The van der Waals surface area contributed by atoms with E-state index in [1.54, 1.807) is 12.1 Å². The quantitative estimate of drug-likeness (QED) is 0.407. The third kappa shape index (κ3) is 6.92. The molecular weight excluding hydrogens is 534 g/mol. The van der Waals surface area contributed by atoms with E-state index < -0.39 is 5.97 Å². The molecule has 8 heteroatoms. The summed E-state index contributed by atoms with van der Waals surface area (Å²) in [5.41, 5.74) is 2.72. The molecule has 2 aliphatic rings. The fraction of sp³-hybridized carbons (Fsp3) is 0.483. The van der Waals surface area contributed by atoms with Gasteiger partial charge in [0.25, 0.3) is 11.9 Å². The molecule has 2 fully saturated rings. The van der Waals surface area contributed by atoms with Crippen molar-refractivity contribution in [3.63, 3.8) is 0 Å². The van der Waals surface area contributed by atoms with Crippen molar-refractivity contribution in [3.8, 4) is 0 Å². The molecule has 7 nitrogen and oxygen atoms in total. The van der Waals surface area contributed by atoms with E-state index in [-0.39, 0.29) is 24.9 Å². The van der Waals surface area contributed by atoms with E-state index in [0.717, 1.165) is 28.6 Å². The maximum Gasteiger partial charge on any atom is 0.305 e. The van der Waals surface area contributed by atoms with Gasteiger partial charge in [-0.3, -0.25) is 9.59 Å². The molecule has 1 saturated heterocycles. The highest BCUT2D eigenvalue weighted by atomic mass is 79.9. The minimum atomic E-state index is -0.936. The van der Waals surface area contributed by atoms with Gasteiger partial charge in [-0.2, -0.15) is 4.99 Å². The van der Waals surface area contributed by atoms with Gasteiger partial charge in [-0.05, 0) is 72.9 Å². The molecule has 1 unspecified atom stereocenters. The normalized spacial score (nSPS) is 23.1. The molecule has 198 valence electrons. The molecule has 1 aliphatic heterocycles. The molecule has 2 N–H and O–H groups in total. The van der Waals surface area contributed by atoms with Crippen LogP contribution in [0.3, 0.4) is 0 Å². The SMILES string of the molecule is CC(C)(C)C1CCC(N2C(=Nc3cccc(Br)c3)OCC2c2ccc(C(=O)NCCC(=O)O)cc2)CC1. The maximum atomic E-state index is 12.4. The third-order valence-corrected chi connectivity index (χ3v) is 7.95. The van der Waals surface area contributed by atoms with Crippen molar-refractivity contribution in [1.82, 2.24) is 10.2 Å². The van der Waals surface area contributed by atoms with Crippen LogP contribution in [0.1, 0.15) is 74.8 Å². The molecule has 0 bridgehead atoms.